The van der Waals surface area contributed by atoms with Crippen molar-refractivity contribution in [2.24, 2.45) is 5.41 Å². The van der Waals surface area contributed by atoms with Gasteiger partial charge in [0.25, 0.3) is 0 Å². The van der Waals surface area contributed by atoms with Gasteiger partial charge < -0.3 is 5.02 Å². The third-order valence-corrected chi connectivity index (χ3v) is 3.37. The van der Waals surface area contributed by atoms with E-state index in [1.54, 1.807) is 0 Å². The molecule has 90 valence electrons. The topological polar surface area (TPSA) is 37.3 Å². The minimum atomic E-state index is -0.397. The predicted molar refractivity (Wildman–Crippen MR) is 71.0 cm³/mol. The van der Waals surface area contributed by atoms with Gasteiger partial charge in [-0.2, -0.15) is 0 Å². The molecule has 0 saturated heterocycles. The first kappa shape index (κ1) is 12.4. The van der Waals surface area contributed by atoms with Crippen molar-refractivity contribution in [2.75, 3.05) is 0 Å². The number of hydrogen-bond donors (Lipinski definition) is 1. The summed E-state index contributed by atoms with van der Waals surface area (Å²) in [5.41, 5.74) is 2.49. The van der Waals surface area contributed by atoms with Crippen molar-refractivity contribution in [2.45, 2.75) is 39.9 Å². The van der Waals surface area contributed by atoms with Gasteiger partial charge in [0.2, 0.25) is 0 Å². The molecule has 0 unspecified atom stereocenters. The summed E-state index contributed by atoms with van der Waals surface area (Å²) in [6.07, 6.45) is 2.84. The lowest BCUT2D eigenvalue weighted by Crippen LogP contribution is -2.37. The molecule has 17 heavy (non-hydrogen) atoms. The summed E-state index contributed by atoms with van der Waals surface area (Å²) >= 11 is 0. The van der Waals surface area contributed by atoms with Crippen molar-refractivity contribution in [1.29, 1.82) is 0 Å². The third kappa shape index (κ3) is 2.44. The van der Waals surface area contributed by atoms with E-state index in [-0.39, 0.29) is 11.2 Å². The molecule has 1 aromatic carbocycles. The third-order valence-electron chi connectivity index (χ3n) is 3.37. The Morgan fingerprint density at radius 2 is 2.06 bits per heavy atom. The Labute approximate surface area is 103 Å². The molecule has 0 bridgehead atoms. The first-order valence-corrected chi connectivity index (χ1v) is 6.25. The van der Waals surface area contributed by atoms with Gasteiger partial charge in [0.1, 0.15) is 0 Å². The molecule has 1 aromatic rings. The molecule has 0 atom stereocenters. The van der Waals surface area contributed by atoms with E-state index in [4.69, 9.17) is 0 Å². The summed E-state index contributed by atoms with van der Waals surface area (Å²) < 4.78 is 0. The molecule has 2 rings (SSSR count). The van der Waals surface area contributed by atoms with Crippen LogP contribution in [-0.4, -0.2) is 17.7 Å². The van der Waals surface area contributed by atoms with Gasteiger partial charge in [0.15, 0.2) is 5.78 Å². The highest BCUT2D eigenvalue weighted by Crippen LogP contribution is 2.22. The number of carbonyl (C=O) groups excluding carboxylic acids is 1. The Bertz CT molecular complexity index is 446. The van der Waals surface area contributed by atoms with E-state index in [2.05, 4.69) is 0 Å². The van der Waals surface area contributed by atoms with Crippen molar-refractivity contribution in [3.63, 3.8) is 0 Å². The van der Waals surface area contributed by atoms with E-state index in [1.165, 1.54) is 5.56 Å². The van der Waals surface area contributed by atoms with E-state index in [9.17, 15) is 9.82 Å². The van der Waals surface area contributed by atoms with E-state index >= 15 is 0 Å². The van der Waals surface area contributed by atoms with Crippen molar-refractivity contribution in [3.8, 4) is 0 Å². The highest BCUT2D eigenvalue weighted by molar-refractivity contribution is 6.67. The molecule has 0 spiro atoms. The Balaban J connectivity index is 2.39. The van der Waals surface area contributed by atoms with Crippen molar-refractivity contribution in [3.05, 3.63) is 29.3 Å². The fourth-order valence-electron chi connectivity index (χ4n) is 2.35. The van der Waals surface area contributed by atoms with E-state index in [1.807, 2.05) is 39.0 Å². The SMILES string of the molecule is CC(C)(C)C(=O)c1ccc2c(c1)B(O)CCC2. The molecule has 1 aliphatic heterocycles. The van der Waals surface area contributed by atoms with E-state index in [0.717, 1.165) is 30.2 Å². The van der Waals surface area contributed by atoms with Crippen LogP contribution in [0.1, 0.15) is 43.1 Å². The Kier molecular flexibility index (Phi) is 3.13. The number of fused-ring (bicyclic) bond motifs is 1. The molecule has 1 heterocycles. The fraction of sp³-hybridized carbons (Fsp3) is 0.500. The largest absolute Gasteiger partial charge is 0.446 e. The van der Waals surface area contributed by atoms with Crippen LogP contribution in [0.15, 0.2) is 18.2 Å². The molecule has 1 aliphatic rings. The molecule has 0 fully saturated rings. The van der Waals surface area contributed by atoms with Crippen LogP contribution in [0, 0.1) is 5.41 Å². The monoisotopic (exact) mass is 230 g/mol. The van der Waals surface area contributed by atoms with Gasteiger partial charge in [-0.05, 0) is 18.2 Å². The summed E-state index contributed by atoms with van der Waals surface area (Å²) in [6, 6.07) is 5.77. The van der Waals surface area contributed by atoms with Crippen LogP contribution in [-0.2, 0) is 6.42 Å². The molecular formula is C14H19BO2. The smallest absolute Gasteiger partial charge is 0.323 e. The summed E-state index contributed by atoms with van der Waals surface area (Å²) in [4.78, 5) is 12.2. The van der Waals surface area contributed by atoms with Crippen LogP contribution in [0.25, 0.3) is 0 Å². The number of hydrogen-bond acceptors (Lipinski definition) is 2. The van der Waals surface area contributed by atoms with Gasteiger partial charge in [-0.1, -0.05) is 51.0 Å². The summed E-state index contributed by atoms with van der Waals surface area (Å²) in [5, 5.41) is 9.96. The molecule has 1 N–H and O–H groups in total. The van der Waals surface area contributed by atoms with Gasteiger partial charge in [-0.3, -0.25) is 4.79 Å². The highest BCUT2D eigenvalue weighted by Gasteiger charge is 2.27. The normalized spacial score (nSPS) is 15.6. The molecule has 3 heteroatoms. The zero-order valence-corrected chi connectivity index (χ0v) is 10.8. The van der Waals surface area contributed by atoms with Gasteiger partial charge in [-0.15, -0.1) is 0 Å². The Morgan fingerprint density at radius 1 is 1.35 bits per heavy atom. The van der Waals surface area contributed by atoms with Gasteiger partial charge in [0, 0.05) is 11.0 Å². The average molecular weight is 230 g/mol. The number of Topliss-reactive ketones (excluding diaryl/α,β-unsaturated/α-hetero) is 1. The zero-order chi connectivity index (χ0) is 12.6. The van der Waals surface area contributed by atoms with Crippen LogP contribution in [0.2, 0.25) is 6.32 Å². The average Bonchev–Trinajstić information content (AvgIpc) is 2.27. The first-order valence-electron chi connectivity index (χ1n) is 6.25. The van der Waals surface area contributed by atoms with E-state index in [0.29, 0.717) is 0 Å². The lowest BCUT2D eigenvalue weighted by atomic mass is 9.53. The van der Waals surface area contributed by atoms with Gasteiger partial charge in [0.05, 0.1) is 0 Å². The van der Waals surface area contributed by atoms with Crippen LogP contribution in [0.3, 0.4) is 0 Å². The molecule has 0 amide bonds. The lowest BCUT2D eigenvalue weighted by molar-refractivity contribution is 0.0858. The summed E-state index contributed by atoms with van der Waals surface area (Å²) in [5.74, 6) is 0.137. The molecule has 0 radical (unpaired) electrons. The summed E-state index contributed by atoms with van der Waals surface area (Å²) in [6.45, 7) is 5.37. The van der Waals surface area contributed by atoms with Crippen molar-refractivity contribution >= 4 is 18.2 Å². The maximum atomic E-state index is 12.2. The maximum Gasteiger partial charge on any atom is 0.323 e. The molecule has 0 aliphatic carbocycles. The Morgan fingerprint density at radius 3 is 2.71 bits per heavy atom. The second-order valence-corrected chi connectivity index (χ2v) is 5.90. The van der Waals surface area contributed by atoms with Crippen LogP contribution in [0.4, 0.5) is 0 Å². The molecule has 0 aromatic heterocycles. The zero-order valence-electron chi connectivity index (χ0n) is 10.8. The lowest BCUT2D eigenvalue weighted by Gasteiger charge is -2.21. The number of carbonyl (C=O) groups is 1. The minimum absolute atomic E-state index is 0.137. The number of benzene rings is 1. The van der Waals surface area contributed by atoms with Crippen molar-refractivity contribution in [1.82, 2.24) is 0 Å². The number of rotatable bonds is 1. The van der Waals surface area contributed by atoms with Gasteiger partial charge in [-0.25, -0.2) is 0 Å². The number of aryl methyl sites for hydroxylation is 1. The fourth-order valence-corrected chi connectivity index (χ4v) is 2.35. The second-order valence-electron chi connectivity index (χ2n) is 5.90. The molecule has 0 saturated carbocycles. The summed E-state index contributed by atoms with van der Waals surface area (Å²) in [7, 11) is 0. The molecular weight excluding hydrogens is 211 g/mol. The van der Waals surface area contributed by atoms with Gasteiger partial charge >= 0.3 is 6.92 Å². The highest BCUT2D eigenvalue weighted by atomic mass is 16.2. The van der Waals surface area contributed by atoms with Crippen LogP contribution in [0.5, 0.6) is 0 Å². The maximum absolute atomic E-state index is 12.2. The van der Waals surface area contributed by atoms with Crippen LogP contribution < -0.4 is 5.46 Å². The van der Waals surface area contributed by atoms with Crippen molar-refractivity contribution < 1.29 is 9.82 Å². The predicted octanol–water partition coefficient (Wildman–Crippen LogP) is 2.05. The molecule has 2 nitrogen and oxygen atoms in total. The first-order chi connectivity index (χ1) is 7.89. The van der Waals surface area contributed by atoms with Crippen LogP contribution >= 0.6 is 0 Å². The quantitative estimate of drug-likeness (QED) is 0.592. The van der Waals surface area contributed by atoms with E-state index < -0.39 is 6.92 Å². The standard InChI is InChI=1S/C14H19BO2/c1-14(2,3)13(16)11-7-6-10-5-4-8-15(17)12(10)9-11/h6-7,9,17H,4-5,8H2,1-3H3. The Hall–Kier alpha value is -1.09. The minimum Gasteiger partial charge on any atom is -0.446 e. The number of ketones is 1. The second kappa shape index (κ2) is 4.30.